The highest BCUT2D eigenvalue weighted by molar-refractivity contribution is 5.88. The van der Waals surface area contributed by atoms with Crippen molar-refractivity contribution in [2.75, 3.05) is 19.8 Å². The van der Waals surface area contributed by atoms with E-state index in [-0.39, 0.29) is 29.8 Å². The minimum Gasteiger partial charge on any atom is -0.490 e. The molecule has 1 aromatic carbocycles. The van der Waals surface area contributed by atoms with E-state index in [4.69, 9.17) is 9.47 Å². The standard InChI is InChI=1S/C22H34N2O4/c1-6-27-19-12-11-17(14-20(19)28-7-2)16(5)23-21(25)18-10-8-9-13-24(18)22(26)15(3)4/h11-12,14-16,18H,6-10,13H2,1-5H3,(H,23,25)/t16-,18-/m1/s1. The van der Waals surface area contributed by atoms with E-state index in [0.717, 1.165) is 18.4 Å². The number of likely N-dealkylation sites (tertiary alicyclic amines) is 1. The lowest BCUT2D eigenvalue weighted by Gasteiger charge is -2.36. The molecule has 2 amide bonds. The van der Waals surface area contributed by atoms with Gasteiger partial charge in [0.2, 0.25) is 11.8 Å². The number of carbonyl (C=O) groups is 2. The van der Waals surface area contributed by atoms with Crippen LogP contribution in [0.25, 0.3) is 0 Å². The zero-order valence-corrected chi connectivity index (χ0v) is 17.8. The van der Waals surface area contributed by atoms with Crippen LogP contribution in [-0.2, 0) is 9.59 Å². The van der Waals surface area contributed by atoms with Gasteiger partial charge in [0.15, 0.2) is 11.5 Å². The topological polar surface area (TPSA) is 67.9 Å². The number of piperidine rings is 1. The quantitative estimate of drug-likeness (QED) is 0.735. The predicted octanol–water partition coefficient (Wildman–Crippen LogP) is 3.70. The Morgan fingerprint density at radius 1 is 1.11 bits per heavy atom. The van der Waals surface area contributed by atoms with E-state index >= 15 is 0 Å². The van der Waals surface area contributed by atoms with Crippen molar-refractivity contribution in [3.05, 3.63) is 23.8 Å². The molecule has 1 aliphatic rings. The number of hydrogen-bond donors (Lipinski definition) is 1. The highest BCUT2D eigenvalue weighted by atomic mass is 16.5. The molecule has 0 radical (unpaired) electrons. The highest BCUT2D eigenvalue weighted by Crippen LogP contribution is 2.31. The second-order valence-electron chi connectivity index (χ2n) is 7.50. The molecule has 0 bridgehead atoms. The van der Waals surface area contributed by atoms with Gasteiger partial charge in [-0.3, -0.25) is 9.59 Å². The van der Waals surface area contributed by atoms with Crippen molar-refractivity contribution in [3.63, 3.8) is 0 Å². The second-order valence-corrected chi connectivity index (χ2v) is 7.50. The predicted molar refractivity (Wildman–Crippen MR) is 110 cm³/mol. The summed E-state index contributed by atoms with van der Waals surface area (Å²) in [6, 6.07) is 5.15. The van der Waals surface area contributed by atoms with Crippen LogP contribution in [0.15, 0.2) is 18.2 Å². The van der Waals surface area contributed by atoms with Crippen LogP contribution in [-0.4, -0.2) is 42.5 Å². The number of carbonyl (C=O) groups excluding carboxylic acids is 2. The summed E-state index contributed by atoms with van der Waals surface area (Å²) >= 11 is 0. The summed E-state index contributed by atoms with van der Waals surface area (Å²) in [5.74, 6) is 1.23. The number of benzene rings is 1. The Labute approximate surface area is 168 Å². The van der Waals surface area contributed by atoms with E-state index in [1.165, 1.54) is 0 Å². The molecule has 1 saturated heterocycles. The molecule has 1 aromatic rings. The van der Waals surface area contributed by atoms with Gasteiger partial charge >= 0.3 is 0 Å². The molecule has 2 atom stereocenters. The normalized spacial score (nSPS) is 17.9. The SMILES string of the molecule is CCOc1ccc([C@@H](C)NC(=O)[C@H]2CCCCN2C(=O)C(C)C)cc1OCC. The number of hydrogen-bond acceptors (Lipinski definition) is 4. The minimum absolute atomic E-state index is 0.0483. The van der Waals surface area contributed by atoms with Crippen LogP contribution in [0.2, 0.25) is 0 Å². The largest absolute Gasteiger partial charge is 0.490 e. The Bertz CT molecular complexity index is 675. The molecule has 1 heterocycles. The summed E-state index contributed by atoms with van der Waals surface area (Å²) < 4.78 is 11.3. The fourth-order valence-electron chi connectivity index (χ4n) is 3.53. The van der Waals surface area contributed by atoms with Gasteiger partial charge in [-0.15, -0.1) is 0 Å². The first-order valence-electron chi connectivity index (χ1n) is 10.4. The number of ether oxygens (including phenoxy) is 2. The average molecular weight is 391 g/mol. The van der Waals surface area contributed by atoms with Crippen molar-refractivity contribution in [2.45, 2.75) is 66.0 Å². The monoisotopic (exact) mass is 390 g/mol. The Balaban J connectivity index is 2.12. The van der Waals surface area contributed by atoms with Crippen molar-refractivity contribution >= 4 is 11.8 Å². The van der Waals surface area contributed by atoms with E-state index < -0.39 is 0 Å². The minimum atomic E-state index is -0.389. The van der Waals surface area contributed by atoms with Crippen LogP contribution in [0, 0.1) is 5.92 Å². The summed E-state index contributed by atoms with van der Waals surface area (Å²) in [5.41, 5.74) is 0.942. The zero-order valence-electron chi connectivity index (χ0n) is 17.8. The van der Waals surface area contributed by atoms with Gasteiger partial charge in [0.25, 0.3) is 0 Å². The van der Waals surface area contributed by atoms with Gasteiger partial charge in [-0.25, -0.2) is 0 Å². The fraction of sp³-hybridized carbons (Fsp3) is 0.636. The van der Waals surface area contributed by atoms with Crippen LogP contribution in [0.4, 0.5) is 0 Å². The lowest BCUT2D eigenvalue weighted by molar-refractivity contribution is -0.144. The summed E-state index contributed by atoms with van der Waals surface area (Å²) in [6.07, 6.45) is 2.63. The first kappa shape index (κ1) is 22.1. The average Bonchev–Trinajstić information content (AvgIpc) is 2.68. The summed E-state index contributed by atoms with van der Waals surface area (Å²) in [7, 11) is 0. The number of amides is 2. The molecule has 1 aliphatic heterocycles. The van der Waals surface area contributed by atoms with Crippen LogP contribution in [0.1, 0.15) is 65.5 Å². The van der Waals surface area contributed by atoms with Gasteiger partial charge < -0.3 is 19.7 Å². The maximum atomic E-state index is 12.9. The van der Waals surface area contributed by atoms with Crippen LogP contribution >= 0.6 is 0 Å². The molecule has 6 nitrogen and oxygen atoms in total. The third-order valence-corrected chi connectivity index (χ3v) is 5.01. The molecule has 0 aliphatic carbocycles. The molecular formula is C22H34N2O4. The summed E-state index contributed by atoms with van der Waals surface area (Å²) in [4.78, 5) is 27.2. The van der Waals surface area contributed by atoms with Crippen LogP contribution in [0.5, 0.6) is 11.5 Å². The Morgan fingerprint density at radius 3 is 2.43 bits per heavy atom. The lowest BCUT2D eigenvalue weighted by atomic mass is 9.98. The van der Waals surface area contributed by atoms with E-state index in [0.29, 0.717) is 37.7 Å². The number of rotatable bonds is 8. The van der Waals surface area contributed by atoms with Gasteiger partial charge in [-0.2, -0.15) is 0 Å². The summed E-state index contributed by atoms with van der Waals surface area (Å²) in [6.45, 7) is 11.3. The van der Waals surface area contributed by atoms with Gasteiger partial charge in [-0.1, -0.05) is 19.9 Å². The molecule has 0 spiro atoms. The third kappa shape index (κ3) is 5.40. The highest BCUT2D eigenvalue weighted by Gasteiger charge is 2.33. The zero-order chi connectivity index (χ0) is 20.7. The number of nitrogens with one attached hydrogen (secondary N) is 1. The Morgan fingerprint density at radius 2 is 1.79 bits per heavy atom. The molecule has 1 N–H and O–H groups in total. The fourth-order valence-corrected chi connectivity index (χ4v) is 3.53. The molecule has 0 aromatic heterocycles. The van der Waals surface area contributed by atoms with Crippen molar-refractivity contribution in [2.24, 2.45) is 5.92 Å². The van der Waals surface area contributed by atoms with E-state index in [1.54, 1.807) is 4.90 Å². The molecule has 0 saturated carbocycles. The van der Waals surface area contributed by atoms with Gasteiger partial charge in [0.1, 0.15) is 6.04 Å². The molecule has 28 heavy (non-hydrogen) atoms. The molecule has 1 fully saturated rings. The maximum Gasteiger partial charge on any atom is 0.243 e. The smallest absolute Gasteiger partial charge is 0.243 e. The molecular weight excluding hydrogens is 356 g/mol. The Hall–Kier alpha value is -2.24. The molecule has 2 rings (SSSR count). The Kier molecular flexibility index (Phi) is 8.15. The maximum absolute atomic E-state index is 12.9. The molecule has 0 unspecified atom stereocenters. The van der Waals surface area contributed by atoms with Crippen molar-refractivity contribution in [1.29, 1.82) is 0 Å². The summed E-state index contributed by atoms with van der Waals surface area (Å²) in [5, 5.41) is 3.08. The third-order valence-electron chi connectivity index (χ3n) is 5.01. The lowest BCUT2D eigenvalue weighted by Crippen LogP contribution is -2.53. The number of nitrogens with zero attached hydrogens (tertiary/aromatic N) is 1. The van der Waals surface area contributed by atoms with Gasteiger partial charge in [0, 0.05) is 12.5 Å². The first-order chi connectivity index (χ1) is 13.4. The first-order valence-corrected chi connectivity index (χ1v) is 10.4. The van der Waals surface area contributed by atoms with Crippen molar-refractivity contribution in [1.82, 2.24) is 10.2 Å². The van der Waals surface area contributed by atoms with Gasteiger partial charge in [-0.05, 0) is 57.7 Å². The van der Waals surface area contributed by atoms with E-state index in [9.17, 15) is 9.59 Å². The molecule has 6 heteroatoms. The second kappa shape index (κ2) is 10.3. The molecule has 156 valence electrons. The van der Waals surface area contributed by atoms with E-state index in [2.05, 4.69) is 5.32 Å². The van der Waals surface area contributed by atoms with Crippen LogP contribution in [0.3, 0.4) is 0 Å². The van der Waals surface area contributed by atoms with Crippen molar-refractivity contribution < 1.29 is 19.1 Å². The van der Waals surface area contributed by atoms with E-state index in [1.807, 2.05) is 52.8 Å². The van der Waals surface area contributed by atoms with Crippen LogP contribution < -0.4 is 14.8 Å². The van der Waals surface area contributed by atoms with Gasteiger partial charge in [0.05, 0.1) is 19.3 Å². The van der Waals surface area contributed by atoms with Crippen molar-refractivity contribution in [3.8, 4) is 11.5 Å².